The maximum absolute atomic E-state index is 11.3. The maximum atomic E-state index is 11.3. The first kappa shape index (κ1) is 15.1. The molecule has 1 heterocycles. The van der Waals surface area contributed by atoms with E-state index in [2.05, 4.69) is 0 Å². The van der Waals surface area contributed by atoms with Gasteiger partial charge in [0.15, 0.2) is 5.78 Å². The summed E-state index contributed by atoms with van der Waals surface area (Å²) in [6, 6.07) is 0. The van der Waals surface area contributed by atoms with Gasteiger partial charge in [0.2, 0.25) is 5.91 Å². The minimum Gasteiger partial charge on any atom is -0.379 e. The molecule has 0 unspecified atom stereocenters. The first-order chi connectivity index (χ1) is 8.74. The summed E-state index contributed by atoms with van der Waals surface area (Å²) in [6.45, 7) is 5.94. The zero-order chi connectivity index (χ0) is 13.2. The van der Waals surface area contributed by atoms with E-state index in [0.717, 1.165) is 0 Å². The second-order valence-corrected chi connectivity index (χ2v) is 3.95. The van der Waals surface area contributed by atoms with E-state index in [0.29, 0.717) is 46.2 Å². The summed E-state index contributed by atoms with van der Waals surface area (Å²) in [5.74, 6) is -0.115. The average molecular weight is 259 g/mol. The molecule has 0 N–H and O–H groups in total. The van der Waals surface area contributed by atoms with Crippen molar-refractivity contribution in [3.63, 3.8) is 0 Å². The molecule has 1 aliphatic heterocycles. The molecule has 0 aromatic rings. The first-order valence-electron chi connectivity index (χ1n) is 6.26. The Balaban J connectivity index is 1.87. The van der Waals surface area contributed by atoms with Crippen molar-refractivity contribution >= 4 is 11.7 Å². The van der Waals surface area contributed by atoms with Crippen molar-refractivity contribution in [1.29, 1.82) is 0 Å². The van der Waals surface area contributed by atoms with Gasteiger partial charge >= 0.3 is 0 Å². The standard InChI is InChI=1S/C12H21NO5/c1-2-16-5-6-18-8-7-17-4-3-13-10-11(14)9-12(13)15/h2-10H2,1H3. The lowest BCUT2D eigenvalue weighted by molar-refractivity contribution is -0.128. The number of amides is 1. The van der Waals surface area contributed by atoms with E-state index in [1.807, 2.05) is 6.92 Å². The molecule has 0 atom stereocenters. The molecule has 0 spiro atoms. The minimum atomic E-state index is -0.100. The van der Waals surface area contributed by atoms with Crippen molar-refractivity contribution in [3.05, 3.63) is 0 Å². The summed E-state index contributed by atoms with van der Waals surface area (Å²) >= 11 is 0. The maximum Gasteiger partial charge on any atom is 0.230 e. The number of ketones is 1. The van der Waals surface area contributed by atoms with Gasteiger partial charge in [-0.1, -0.05) is 0 Å². The van der Waals surface area contributed by atoms with Crippen LogP contribution >= 0.6 is 0 Å². The second-order valence-electron chi connectivity index (χ2n) is 3.95. The number of carbonyl (C=O) groups is 2. The van der Waals surface area contributed by atoms with Crippen LogP contribution in [-0.4, -0.2) is 69.3 Å². The highest BCUT2D eigenvalue weighted by molar-refractivity contribution is 6.05. The molecule has 0 aromatic heterocycles. The minimum absolute atomic E-state index is 0.0146. The molecule has 104 valence electrons. The van der Waals surface area contributed by atoms with Crippen LogP contribution in [0.3, 0.4) is 0 Å². The Kier molecular flexibility index (Phi) is 7.55. The molecule has 1 fully saturated rings. The Labute approximate surface area is 107 Å². The zero-order valence-corrected chi connectivity index (χ0v) is 10.9. The van der Waals surface area contributed by atoms with E-state index >= 15 is 0 Å². The number of hydrogen-bond donors (Lipinski definition) is 0. The third-order valence-electron chi connectivity index (χ3n) is 2.52. The van der Waals surface area contributed by atoms with Crippen molar-refractivity contribution in [1.82, 2.24) is 4.90 Å². The van der Waals surface area contributed by atoms with Gasteiger partial charge in [-0.15, -0.1) is 0 Å². The van der Waals surface area contributed by atoms with Crippen LogP contribution in [0.5, 0.6) is 0 Å². The van der Waals surface area contributed by atoms with Gasteiger partial charge < -0.3 is 19.1 Å². The first-order valence-corrected chi connectivity index (χ1v) is 6.26. The highest BCUT2D eigenvalue weighted by atomic mass is 16.5. The number of Topliss-reactive ketones (excluding diaryl/α,β-unsaturated/α-hetero) is 1. The van der Waals surface area contributed by atoms with Gasteiger partial charge in [-0.2, -0.15) is 0 Å². The number of ether oxygens (including phenoxy) is 3. The van der Waals surface area contributed by atoms with Crippen molar-refractivity contribution in [2.45, 2.75) is 13.3 Å². The summed E-state index contributed by atoms with van der Waals surface area (Å²) in [7, 11) is 0. The average Bonchev–Trinajstić information content (AvgIpc) is 2.66. The van der Waals surface area contributed by atoms with E-state index in [4.69, 9.17) is 14.2 Å². The smallest absolute Gasteiger partial charge is 0.230 e. The molecule has 0 bridgehead atoms. The Morgan fingerprint density at radius 3 is 2.17 bits per heavy atom. The Bertz CT molecular complexity index is 269. The molecule has 1 amide bonds. The summed E-state index contributed by atoms with van der Waals surface area (Å²) in [5.41, 5.74) is 0. The zero-order valence-electron chi connectivity index (χ0n) is 10.9. The lowest BCUT2D eigenvalue weighted by Gasteiger charge is -2.14. The lowest BCUT2D eigenvalue weighted by Crippen LogP contribution is -2.29. The molecule has 0 saturated carbocycles. The van der Waals surface area contributed by atoms with Crippen LogP contribution in [0.1, 0.15) is 13.3 Å². The third-order valence-corrected chi connectivity index (χ3v) is 2.52. The predicted octanol–water partition coefficient (Wildman–Crippen LogP) is -0.143. The molecule has 6 heteroatoms. The number of hydrogen-bond acceptors (Lipinski definition) is 5. The van der Waals surface area contributed by atoms with E-state index in [9.17, 15) is 9.59 Å². The molecule has 1 saturated heterocycles. The fourth-order valence-electron chi connectivity index (χ4n) is 1.60. The fraction of sp³-hybridized carbons (Fsp3) is 0.833. The van der Waals surface area contributed by atoms with Crippen molar-refractivity contribution in [3.8, 4) is 0 Å². The summed E-state index contributed by atoms with van der Waals surface area (Å²) in [5, 5.41) is 0. The predicted molar refractivity (Wildman–Crippen MR) is 64.3 cm³/mol. The van der Waals surface area contributed by atoms with Gasteiger partial charge in [0.1, 0.15) is 0 Å². The number of carbonyl (C=O) groups excluding carboxylic acids is 2. The van der Waals surface area contributed by atoms with Crippen molar-refractivity contribution in [2.24, 2.45) is 0 Å². The molecule has 6 nitrogen and oxygen atoms in total. The Morgan fingerprint density at radius 2 is 1.61 bits per heavy atom. The van der Waals surface area contributed by atoms with Crippen molar-refractivity contribution in [2.75, 3.05) is 52.7 Å². The molecular formula is C12H21NO5. The molecule has 1 aliphatic rings. The second kappa shape index (κ2) is 9.02. The van der Waals surface area contributed by atoms with Crippen LogP contribution < -0.4 is 0 Å². The number of nitrogens with zero attached hydrogens (tertiary/aromatic N) is 1. The monoisotopic (exact) mass is 259 g/mol. The van der Waals surface area contributed by atoms with E-state index in [1.54, 1.807) is 0 Å². The van der Waals surface area contributed by atoms with Crippen molar-refractivity contribution < 1.29 is 23.8 Å². The third kappa shape index (κ3) is 6.09. The molecule has 1 rings (SSSR count). The molecule has 0 aromatic carbocycles. The van der Waals surface area contributed by atoms with E-state index in [1.165, 1.54) is 4.90 Å². The van der Waals surface area contributed by atoms with Crippen LogP contribution in [0.4, 0.5) is 0 Å². The summed E-state index contributed by atoms with van der Waals surface area (Å²) in [4.78, 5) is 23.8. The van der Waals surface area contributed by atoms with Crippen LogP contribution in [0.2, 0.25) is 0 Å². The molecule has 0 aliphatic carbocycles. The Hall–Kier alpha value is -0.980. The van der Waals surface area contributed by atoms with Crippen LogP contribution in [0.25, 0.3) is 0 Å². The Morgan fingerprint density at radius 1 is 1.00 bits per heavy atom. The largest absolute Gasteiger partial charge is 0.379 e. The topological polar surface area (TPSA) is 65.1 Å². The van der Waals surface area contributed by atoms with Gasteiger partial charge in [0.05, 0.1) is 46.0 Å². The summed E-state index contributed by atoms with van der Waals surface area (Å²) in [6.07, 6.45) is 0.0422. The number of rotatable bonds is 10. The SMILES string of the molecule is CCOCCOCCOCCN1CC(=O)CC1=O. The van der Waals surface area contributed by atoms with Gasteiger partial charge in [-0.25, -0.2) is 0 Å². The van der Waals surface area contributed by atoms with Gasteiger partial charge in [0.25, 0.3) is 0 Å². The normalized spacial score (nSPS) is 15.7. The van der Waals surface area contributed by atoms with Gasteiger partial charge in [-0.05, 0) is 6.92 Å². The summed E-state index contributed by atoms with van der Waals surface area (Å²) < 4.78 is 15.7. The van der Waals surface area contributed by atoms with Gasteiger partial charge in [-0.3, -0.25) is 9.59 Å². The van der Waals surface area contributed by atoms with E-state index in [-0.39, 0.29) is 24.7 Å². The lowest BCUT2D eigenvalue weighted by atomic mass is 10.3. The molecule has 0 radical (unpaired) electrons. The van der Waals surface area contributed by atoms with Gasteiger partial charge in [0, 0.05) is 13.2 Å². The quantitative estimate of drug-likeness (QED) is 0.403. The van der Waals surface area contributed by atoms with Crippen LogP contribution in [0.15, 0.2) is 0 Å². The molecule has 18 heavy (non-hydrogen) atoms. The fourth-order valence-corrected chi connectivity index (χ4v) is 1.60. The van der Waals surface area contributed by atoms with E-state index < -0.39 is 0 Å². The van der Waals surface area contributed by atoms with Crippen LogP contribution in [0, 0.1) is 0 Å². The number of likely N-dealkylation sites (tertiary alicyclic amines) is 1. The molecular weight excluding hydrogens is 238 g/mol. The van der Waals surface area contributed by atoms with Crippen LogP contribution in [-0.2, 0) is 23.8 Å². The highest BCUT2D eigenvalue weighted by Gasteiger charge is 2.26. The highest BCUT2D eigenvalue weighted by Crippen LogP contribution is 2.05.